The molecule has 0 fully saturated rings. The molecule has 0 atom stereocenters. The van der Waals surface area contributed by atoms with Crippen LogP contribution in [0.25, 0.3) is 0 Å². The minimum Gasteiger partial charge on any atom is -0.274 e. The zero-order valence-electron chi connectivity index (χ0n) is 3.92. The fraction of sp³-hybridized carbons (Fsp3) is 0.250. The molecule has 0 heterocycles. The number of ketones is 1. The van der Waals surface area contributed by atoms with Gasteiger partial charge >= 0.3 is 12.0 Å². The molecule has 0 saturated heterocycles. The van der Waals surface area contributed by atoms with E-state index in [1.54, 1.807) is 4.83 Å². The molecule has 0 aromatic heterocycles. The van der Waals surface area contributed by atoms with Gasteiger partial charge in [0.2, 0.25) is 0 Å². The van der Waals surface area contributed by atoms with E-state index in [4.69, 9.17) is 0 Å². The lowest BCUT2D eigenvalue weighted by Gasteiger charge is -1.95. The Morgan fingerprint density at radius 2 is 1.89 bits per heavy atom. The number of Topliss-reactive ketones (excluding diaryl/α,β-unsaturated/α-hetero) is 1. The highest BCUT2D eigenvalue weighted by Crippen LogP contribution is 2.14. The molecule has 0 spiro atoms. The summed E-state index contributed by atoms with van der Waals surface area (Å²) < 4.78 is 33.5. The van der Waals surface area contributed by atoms with Crippen molar-refractivity contribution in [1.29, 1.82) is 0 Å². The van der Waals surface area contributed by atoms with Gasteiger partial charge in [-0.05, 0) is 10.8 Å². The van der Waals surface area contributed by atoms with E-state index < -0.39 is 12.0 Å². The number of hydrogen-bond acceptors (Lipinski definition) is 1. The van der Waals surface area contributed by atoms with Crippen LogP contribution < -0.4 is 0 Å². The van der Waals surface area contributed by atoms with Gasteiger partial charge in [-0.15, -0.1) is 0 Å². The van der Waals surface area contributed by atoms with Crippen molar-refractivity contribution in [2.75, 3.05) is 0 Å². The van der Waals surface area contributed by atoms with Gasteiger partial charge in [0, 0.05) is 15.9 Å². The number of hydrogen-bond donors (Lipinski definition) is 0. The summed E-state index contributed by atoms with van der Waals surface area (Å²) in [6.45, 7) is 0. The summed E-state index contributed by atoms with van der Waals surface area (Å²) in [7, 11) is 0. The lowest BCUT2D eigenvalue weighted by Crippen LogP contribution is -2.20. The van der Waals surface area contributed by atoms with Crippen LogP contribution in [0, 0.1) is 10.8 Å². The fourth-order valence-corrected chi connectivity index (χ4v) is 0.294. The van der Waals surface area contributed by atoms with Gasteiger partial charge in [-0.1, -0.05) is 0 Å². The van der Waals surface area contributed by atoms with Crippen molar-refractivity contribution >= 4 is 21.7 Å². The van der Waals surface area contributed by atoms with E-state index >= 15 is 0 Å². The number of carbonyl (C=O) groups excluding carboxylic acids is 1. The van der Waals surface area contributed by atoms with E-state index in [1.165, 1.54) is 5.92 Å². The first-order valence-electron chi connectivity index (χ1n) is 1.71. The first-order chi connectivity index (χ1) is 3.98. The Hall–Kier alpha value is -0.500. The van der Waals surface area contributed by atoms with Crippen LogP contribution in [0.5, 0.6) is 0 Å². The van der Waals surface area contributed by atoms with Gasteiger partial charge in [-0.2, -0.15) is 13.2 Å². The van der Waals surface area contributed by atoms with Crippen LogP contribution in [0.3, 0.4) is 0 Å². The van der Waals surface area contributed by atoms with Crippen molar-refractivity contribution in [3.8, 4) is 10.8 Å². The van der Waals surface area contributed by atoms with Crippen LogP contribution >= 0.6 is 15.9 Å². The molecular weight excluding hydrogens is 201 g/mol. The molecule has 0 aromatic rings. The number of halogens is 4. The second kappa shape index (κ2) is 2.87. The Labute approximate surface area is 57.4 Å². The van der Waals surface area contributed by atoms with E-state index in [1.807, 2.05) is 0 Å². The SMILES string of the molecule is O=C(C#CBr)C(F)(F)F. The highest BCUT2D eigenvalue weighted by molar-refractivity contribution is 9.12. The molecule has 0 aromatic carbocycles. The molecule has 0 bridgehead atoms. The lowest BCUT2D eigenvalue weighted by atomic mass is 10.4. The molecule has 1 nitrogen and oxygen atoms in total. The first-order valence-corrected chi connectivity index (χ1v) is 2.50. The van der Waals surface area contributed by atoms with Crippen LogP contribution in [0.15, 0.2) is 0 Å². The highest BCUT2D eigenvalue weighted by atomic mass is 79.9. The highest BCUT2D eigenvalue weighted by Gasteiger charge is 2.36. The molecular formula is C4BrF3O. The van der Waals surface area contributed by atoms with E-state index in [9.17, 15) is 18.0 Å². The number of alkyl halides is 3. The summed E-state index contributed by atoms with van der Waals surface area (Å²) in [5.74, 6) is -0.754. The third-order valence-electron chi connectivity index (χ3n) is 0.418. The van der Waals surface area contributed by atoms with Crippen LogP contribution in [-0.2, 0) is 4.79 Å². The monoisotopic (exact) mass is 200 g/mol. The smallest absolute Gasteiger partial charge is 0.274 e. The Balaban J connectivity index is 4.17. The molecule has 0 saturated carbocycles. The van der Waals surface area contributed by atoms with Crippen LogP contribution in [0.4, 0.5) is 13.2 Å². The summed E-state index contributed by atoms with van der Waals surface area (Å²) in [4.78, 5) is 11.4. The Morgan fingerprint density at radius 3 is 2.00 bits per heavy atom. The zero-order chi connectivity index (χ0) is 7.49. The molecule has 50 valence electrons. The molecule has 0 amide bonds. The standard InChI is InChI=1S/C4BrF3O/c5-2-1-3(9)4(6,7)8. The average Bonchev–Trinajstić information content (AvgIpc) is 1.64. The van der Waals surface area contributed by atoms with E-state index in [0.717, 1.165) is 0 Å². The molecule has 0 aliphatic rings. The Morgan fingerprint density at radius 1 is 1.44 bits per heavy atom. The Bertz CT molecular complexity index is 172. The van der Waals surface area contributed by atoms with Gasteiger partial charge in [0.1, 0.15) is 0 Å². The van der Waals surface area contributed by atoms with Gasteiger partial charge in [-0.25, -0.2) is 0 Å². The van der Waals surface area contributed by atoms with Crippen molar-refractivity contribution < 1.29 is 18.0 Å². The maximum atomic E-state index is 11.2. The van der Waals surface area contributed by atoms with Gasteiger partial charge < -0.3 is 0 Å². The van der Waals surface area contributed by atoms with Gasteiger partial charge in [0.15, 0.2) is 0 Å². The van der Waals surface area contributed by atoms with Gasteiger partial charge in [0.25, 0.3) is 0 Å². The molecule has 0 N–H and O–H groups in total. The summed E-state index contributed by atoms with van der Waals surface area (Å²) in [6, 6.07) is 0. The summed E-state index contributed by atoms with van der Waals surface area (Å²) in [5, 5.41) is 0. The maximum absolute atomic E-state index is 11.2. The summed E-state index contributed by atoms with van der Waals surface area (Å²) >= 11 is 2.36. The normalized spacial score (nSPS) is 9.78. The molecule has 0 rings (SSSR count). The molecule has 5 heteroatoms. The van der Waals surface area contributed by atoms with Crippen LogP contribution in [0.2, 0.25) is 0 Å². The number of carbonyl (C=O) groups is 1. The molecule has 0 aliphatic heterocycles. The van der Waals surface area contributed by atoms with E-state index in [-0.39, 0.29) is 0 Å². The van der Waals surface area contributed by atoms with Gasteiger partial charge in [0.05, 0.1) is 0 Å². The Kier molecular flexibility index (Phi) is 2.71. The van der Waals surface area contributed by atoms with Crippen LogP contribution in [-0.4, -0.2) is 12.0 Å². The second-order valence-electron chi connectivity index (χ2n) is 1.05. The second-order valence-corrected chi connectivity index (χ2v) is 1.44. The summed E-state index contributed by atoms with van der Waals surface area (Å²) in [5.41, 5.74) is 0. The third kappa shape index (κ3) is 3.14. The lowest BCUT2D eigenvalue weighted by molar-refractivity contribution is -0.164. The van der Waals surface area contributed by atoms with Crippen molar-refractivity contribution in [3.63, 3.8) is 0 Å². The van der Waals surface area contributed by atoms with Crippen molar-refractivity contribution in [1.82, 2.24) is 0 Å². The molecule has 0 aliphatic carbocycles. The minimum atomic E-state index is -4.83. The van der Waals surface area contributed by atoms with Gasteiger partial charge in [-0.3, -0.25) is 4.79 Å². The number of rotatable bonds is 0. The van der Waals surface area contributed by atoms with Crippen molar-refractivity contribution in [2.24, 2.45) is 0 Å². The molecule has 0 radical (unpaired) electrons. The summed E-state index contributed by atoms with van der Waals surface area (Å²) in [6.07, 6.45) is -4.83. The molecule has 0 unspecified atom stereocenters. The van der Waals surface area contributed by atoms with Crippen LogP contribution in [0.1, 0.15) is 0 Å². The predicted molar refractivity (Wildman–Crippen MR) is 27.8 cm³/mol. The third-order valence-corrected chi connectivity index (χ3v) is 0.616. The largest absolute Gasteiger partial charge is 0.463 e. The fourth-order valence-electron chi connectivity index (χ4n) is 0.114. The van der Waals surface area contributed by atoms with Crippen molar-refractivity contribution in [3.05, 3.63) is 0 Å². The maximum Gasteiger partial charge on any atom is 0.463 e. The first kappa shape index (κ1) is 8.50. The zero-order valence-corrected chi connectivity index (χ0v) is 5.51. The van der Waals surface area contributed by atoms with E-state index in [2.05, 4.69) is 15.9 Å². The quantitative estimate of drug-likeness (QED) is 0.542. The van der Waals surface area contributed by atoms with E-state index in [0.29, 0.717) is 0 Å². The topological polar surface area (TPSA) is 17.1 Å². The minimum absolute atomic E-state index is 1.29. The van der Waals surface area contributed by atoms with Crippen molar-refractivity contribution in [2.45, 2.75) is 6.18 Å². The average molecular weight is 201 g/mol. The predicted octanol–water partition coefficient (Wildman–Crippen LogP) is 1.47. The molecule has 9 heavy (non-hydrogen) atoms.